The van der Waals surface area contributed by atoms with Gasteiger partial charge in [-0.1, -0.05) is 18.2 Å². The van der Waals surface area contributed by atoms with Gasteiger partial charge in [-0.3, -0.25) is 9.59 Å². The van der Waals surface area contributed by atoms with Crippen LogP contribution in [0.2, 0.25) is 0 Å². The van der Waals surface area contributed by atoms with E-state index in [4.69, 9.17) is 14.7 Å². The number of nitrogens with zero attached hydrogens (tertiary/aromatic N) is 1. The maximum absolute atomic E-state index is 12.2. The van der Waals surface area contributed by atoms with Gasteiger partial charge in [-0.15, -0.1) is 6.58 Å². The summed E-state index contributed by atoms with van der Waals surface area (Å²) in [5.74, 6) is -3.90. The van der Waals surface area contributed by atoms with Gasteiger partial charge >= 0.3 is 11.9 Å². The van der Waals surface area contributed by atoms with Crippen molar-refractivity contribution in [2.75, 3.05) is 0 Å². The van der Waals surface area contributed by atoms with Crippen LogP contribution in [0.25, 0.3) is 0 Å². The Labute approximate surface area is 129 Å². The maximum Gasteiger partial charge on any atom is 0.324 e. The van der Waals surface area contributed by atoms with Crippen LogP contribution in [0.1, 0.15) is 37.3 Å². The topological polar surface area (TPSA) is 76.4 Å². The van der Waals surface area contributed by atoms with E-state index in [0.717, 1.165) is 5.56 Å². The van der Waals surface area contributed by atoms with E-state index >= 15 is 0 Å². The molecule has 22 heavy (non-hydrogen) atoms. The minimum Gasteiger partial charge on any atom is -0.422 e. The Morgan fingerprint density at radius 3 is 2.27 bits per heavy atom. The standard InChI is InChI=1S/C17H17NO4/c1-4-5-13(12-8-6-11(10-18)7-9-12)14-15(19)21-17(2,3)22-16(14)20/h4,6-9,13-14H,1,5H2,2-3H3. The van der Waals surface area contributed by atoms with E-state index in [0.29, 0.717) is 12.0 Å². The summed E-state index contributed by atoms with van der Waals surface area (Å²) in [7, 11) is 0. The first-order valence-electron chi connectivity index (χ1n) is 6.94. The van der Waals surface area contributed by atoms with Crippen molar-refractivity contribution in [2.45, 2.75) is 32.0 Å². The third-order valence-electron chi connectivity index (χ3n) is 3.49. The first-order valence-corrected chi connectivity index (χ1v) is 6.94. The largest absolute Gasteiger partial charge is 0.422 e. The first kappa shape index (κ1) is 15.8. The molecule has 0 amide bonds. The predicted octanol–water partition coefficient (Wildman–Crippen LogP) is 2.67. The number of cyclic esters (lactones) is 2. The van der Waals surface area contributed by atoms with E-state index in [9.17, 15) is 9.59 Å². The first-order chi connectivity index (χ1) is 10.4. The van der Waals surface area contributed by atoms with Gasteiger partial charge in [-0.2, -0.15) is 5.26 Å². The van der Waals surface area contributed by atoms with Crippen LogP contribution < -0.4 is 0 Å². The highest BCUT2D eigenvalue weighted by Gasteiger charge is 2.47. The quantitative estimate of drug-likeness (QED) is 0.485. The highest BCUT2D eigenvalue weighted by atomic mass is 16.7. The molecule has 1 saturated heterocycles. The molecule has 1 aromatic carbocycles. The van der Waals surface area contributed by atoms with Crippen LogP contribution in [0.15, 0.2) is 36.9 Å². The Balaban J connectivity index is 2.34. The van der Waals surface area contributed by atoms with Gasteiger partial charge in [0.15, 0.2) is 5.92 Å². The number of carbonyl (C=O) groups excluding carboxylic acids is 2. The third-order valence-corrected chi connectivity index (χ3v) is 3.49. The molecule has 1 aliphatic rings. The van der Waals surface area contributed by atoms with Gasteiger partial charge < -0.3 is 9.47 Å². The fourth-order valence-corrected chi connectivity index (χ4v) is 2.51. The van der Waals surface area contributed by atoms with Gasteiger partial charge in [-0.25, -0.2) is 0 Å². The lowest BCUT2D eigenvalue weighted by Gasteiger charge is -2.35. The van der Waals surface area contributed by atoms with Gasteiger partial charge in [0.25, 0.3) is 5.79 Å². The number of nitriles is 1. The molecule has 0 radical (unpaired) electrons. The molecule has 1 aliphatic heterocycles. The average Bonchev–Trinajstić information content (AvgIpc) is 2.44. The second kappa shape index (κ2) is 6.02. The number of ether oxygens (including phenoxy) is 2. The molecule has 114 valence electrons. The van der Waals surface area contributed by atoms with Crippen molar-refractivity contribution in [3.8, 4) is 6.07 Å². The van der Waals surface area contributed by atoms with E-state index in [-0.39, 0.29) is 0 Å². The minimum absolute atomic E-state index is 0.418. The molecule has 1 aromatic rings. The van der Waals surface area contributed by atoms with Crippen LogP contribution >= 0.6 is 0 Å². The molecule has 5 nitrogen and oxygen atoms in total. The van der Waals surface area contributed by atoms with Crippen molar-refractivity contribution in [3.05, 3.63) is 48.0 Å². The van der Waals surface area contributed by atoms with E-state index in [1.165, 1.54) is 13.8 Å². The van der Waals surface area contributed by atoms with Crippen LogP contribution in [0, 0.1) is 17.2 Å². The summed E-state index contributed by atoms with van der Waals surface area (Å²) in [6.45, 7) is 6.71. The molecular formula is C17H17NO4. The minimum atomic E-state index is -1.24. The van der Waals surface area contributed by atoms with Gasteiger partial charge in [0.05, 0.1) is 11.6 Å². The average molecular weight is 299 g/mol. The summed E-state index contributed by atoms with van der Waals surface area (Å²) in [6.07, 6.45) is 2.06. The summed E-state index contributed by atoms with van der Waals surface area (Å²) in [5, 5.41) is 8.85. The van der Waals surface area contributed by atoms with E-state index in [1.54, 1.807) is 30.3 Å². The second-order valence-corrected chi connectivity index (χ2v) is 5.58. The number of hydrogen-bond acceptors (Lipinski definition) is 5. The lowest BCUT2D eigenvalue weighted by atomic mass is 9.82. The lowest BCUT2D eigenvalue weighted by molar-refractivity contribution is -0.241. The Bertz CT molecular complexity index is 620. The van der Waals surface area contributed by atoms with Gasteiger partial charge in [-0.05, 0) is 24.1 Å². The van der Waals surface area contributed by atoms with Crippen molar-refractivity contribution in [3.63, 3.8) is 0 Å². The van der Waals surface area contributed by atoms with Gasteiger partial charge in [0.1, 0.15) is 0 Å². The molecule has 5 heteroatoms. The summed E-state index contributed by atoms with van der Waals surface area (Å²) < 4.78 is 10.4. The molecule has 0 aliphatic carbocycles. The molecule has 0 saturated carbocycles. The summed E-state index contributed by atoms with van der Waals surface area (Å²) in [5.41, 5.74) is 1.27. The van der Waals surface area contributed by atoms with Crippen LogP contribution in [0.3, 0.4) is 0 Å². The number of carbonyl (C=O) groups is 2. The maximum atomic E-state index is 12.2. The second-order valence-electron chi connectivity index (χ2n) is 5.58. The van der Waals surface area contributed by atoms with E-state index in [1.807, 2.05) is 6.07 Å². The number of hydrogen-bond donors (Lipinski definition) is 0. The molecule has 1 fully saturated rings. The van der Waals surface area contributed by atoms with Gasteiger partial charge in [0.2, 0.25) is 0 Å². The number of rotatable bonds is 4. The lowest BCUT2D eigenvalue weighted by Crippen LogP contribution is -2.48. The predicted molar refractivity (Wildman–Crippen MR) is 78.5 cm³/mol. The molecule has 2 rings (SSSR count). The van der Waals surface area contributed by atoms with Crippen molar-refractivity contribution in [1.82, 2.24) is 0 Å². The van der Waals surface area contributed by atoms with Crippen LogP contribution in [0.4, 0.5) is 0 Å². The zero-order valence-corrected chi connectivity index (χ0v) is 12.5. The fraction of sp³-hybridized carbons (Fsp3) is 0.353. The molecule has 1 atom stereocenters. The van der Waals surface area contributed by atoms with Crippen molar-refractivity contribution in [1.29, 1.82) is 5.26 Å². The molecule has 0 spiro atoms. The Morgan fingerprint density at radius 1 is 1.27 bits per heavy atom. The molecule has 1 heterocycles. The monoisotopic (exact) mass is 299 g/mol. The normalized spacial score (nSPS) is 18.8. The van der Waals surface area contributed by atoms with E-state index < -0.39 is 29.6 Å². The summed E-state index contributed by atoms with van der Waals surface area (Å²) >= 11 is 0. The van der Waals surface area contributed by atoms with Crippen molar-refractivity contribution in [2.24, 2.45) is 5.92 Å². The zero-order chi connectivity index (χ0) is 16.3. The Kier molecular flexibility index (Phi) is 4.32. The van der Waals surface area contributed by atoms with Crippen LogP contribution in [0.5, 0.6) is 0 Å². The van der Waals surface area contributed by atoms with Crippen LogP contribution in [-0.4, -0.2) is 17.7 Å². The molecule has 0 aromatic heterocycles. The molecule has 0 N–H and O–H groups in total. The molecule has 0 bridgehead atoms. The summed E-state index contributed by atoms with van der Waals surface area (Å²) in [4.78, 5) is 24.4. The van der Waals surface area contributed by atoms with Gasteiger partial charge in [0, 0.05) is 19.8 Å². The number of allylic oxidation sites excluding steroid dienone is 1. The Morgan fingerprint density at radius 2 is 1.82 bits per heavy atom. The number of esters is 2. The summed E-state index contributed by atoms with van der Waals surface area (Å²) in [6, 6.07) is 8.78. The molecule has 1 unspecified atom stereocenters. The van der Waals surface area contributed by atoms with E-state index in [2.05, 4.69) is 6.58 Å². The highest BCUT2D eigenvalue weighted by molar-refractivity contribution is 5.97. The highest BCUT2D eigenvalue weighted by Crippen LogP contribution is 2.35. The Hall–Kier alpha value is -2.61. The zero-order valence-electron chi connectivity index (χ0n) is 12.5. The van der Waals surface area contributed by atoms with Crippen molar-refractivity contribution >= 4 is 11.9 Å². The van der Waals surface area contributed by atoms with Crippen LogP contribution in [-0.2, 0) is 19.1 Å². The molecular weight excluding hydrogens is 282 g/mol. The SMILES string of the molecule is C=CCC(c1ccc(C#N)cc1)C1C(=O)OC(C)(C)OC1=O. The van der Waals surface area contributed by atoms with Crippen molar-refractivity contribution < 1.29 is 19.1 Å². The smallest absolute Gasteiger partial charge is 0.324 e. The fourth-order valence-electron chi connectivity index (χ4n) is 2.51. The number of benzene rings is 1. The third kappa shape index (κ3) is 3.17.